The molecular weight excluding hydrogens is 293 g/mol. The topological polar surface area (TPSA) is 49.3 Å². The second-order valence-electron chi connectivity index (χ2n) is 3.54. The quantitative estimate of drug-likeness (QED) is 0.895. The zero-order valence-electron chi connectivity index (χ0n) is 8.84. The Bertz CT molecular complexity index is 384. The third kappa shape index (κ3) is 3.77. The SMILES string of the molecule is C[C@H](CO)NC(=O)Cc1cccc(Cl)c1Br. The normalized spacial score (nSPS) is 12.2. The maximum absolute atomic E-state index is 11.6. The molecule has 0 saturated heterocycles. The van der Waals surface area contributed by atoms with Crippen molar-refractivity contribution < 1.29 is 9.90 Å². The van der Waals surface area contributed by atoms with Crippen molar-refractivity contribution in [1.29, 1.82) is 0 Å². The molecule has 0 aliphatic carbocycles. The van der Waals surface area contributed by atoms with Crippen molar-refractivity contribution in [2.45, 2.75) is 19.4 Å². The van der Waals surface area contributed by atoms with E-state index in [2.05, 4.69) is 21.2 Å². The van der Waals surface area contributed by atoms with E-state index in [-0.39, 0.29) is 25.0 Å². The Morgan fingerprint density at radius 2 is 2.31 bits per heavy atom. The monoisotopic (exact) mass is 305 g/mol. The molecule has 0 spiro atoms. The molecule has 3 nitrogen and oxygen atoms in total. The molecule has 1 amide bonds. The Balaban J connectivity index is 2.66. The van der Waals surface area contributed by atoms with Crippen LogP contribution in [0.4, 0.5) is 0 Å². The van der Waals surface area contributed by atoms with Crippen molar-refractivity contribution in [3.05, 3.63) is 33.3 Å². The molecule has 0 unspecified atom stereocenters. The van der Waals surface area contributed by atoms with Crippen molar-refractivity contribution in [2.75, 3.05) is 6.61 Å². The maximum Gasteiger partial charge on any atom is 0.224 e. The smallest absolute Gasteiger partial charge is 0.224 e. The number of aliphatic hydroxyl groups is 1. The van der Waals surface area contributed by atoms with Crippen molar-refractivity contribution in [2.24, 2.45) is 0 Å². The molecule has 0 heterocycles. The summed E-state index contributed by atoms with van der Waals surface area (Å²) in [5.74, 6) is -0.135. The minimum Gasteiger partial charge on any atom is -0.394 e. The molecule has 0 aliphatic rings. The number of carbonyl (C=O) groups is 1. The van der Waals surface area contributed by atoms with E-state index in [1.54, 1.807) is 19.1 Å². The van der Waals surface area contributed by atoms with Crippen molar-refractivity contribution in [3.63, 3.8) is 0 Å². The lowest BCUT2D eigenvalue weighted by Crippen LogP contribution is -2.36. The van der Waals surface area contributed by atoms with Crippen LogP contribution >= 0.6 is 27.5 Å². The predicted octanol–water partition coefficient (Wildman–Crippen LogP) is 2.14. The average molecular weight is 307 g/mol. The number of nitrogens with one attached hydrogen (secondary N) is 1. The molecule has 1 atom stereocenters. The second-order valence-corrected chi connectivity index (χ2v) is 4.74. The third-order valence-electron chi connectivity index (χ3n) is 2.06. The highest BCUT2D eigenvalue weighted by Crippen LogP contribution is 2.26. The van der Waals surface area contributed by atoms with Gasteiger partial charge in [0, 0.05) is 10.5 Å². The summed E-state index contributed by atoms with van der Waals surface area (Å²) < 4.78 is 0.739. The van der Waals surface area contributed by atoms with Gasteiger partial charge in [0.1, 0.15) is 0 Å². The first-order valence-corrected chi connectivity index (χ1v) is 6.04. The van der Waals surface area contributed by atoms with Gasteiger partial charge in [-0.3, -0.25) is 4.79 Å². The van der Waals surface area contributed by atoms with Crippen molar-refractivity contribution >= 4 is 33.4 Å². The van der Waals surface area contributed by atoms with E-state index in [1.807, 2.05) is 6.07 Å². The Morgan fingerprint density at radius 1 is 1.62 bits per heavy atom. The van der Waals surface area contributed by atoms with Crippen LogP contribution in [-0.2, 0) is 11.2 Å². The lowest BCUT2D eigenvalue weighted by atomic mass is 10.1. The van der Waals surface area contributed by atoms with Crippen LogP contribution in [0.15, 0.2) is 22.7 Å². The predicted molar refractivity (Wildman–Crippen MR) is 67.5 cm³/mol. The van der Waals surface area contributed by atoms with Crippen LogP contribution in [0.5, 0.6) is 0 Å². The van der Waals surface area contributed by atoms with Crippen LogP contribution in [-0.4, -0.2) is 23.7 Å². The number of halogens is 2. The lowest BCUT2D eigenvalue weighted by molar-refractivity contribution is -0.121. The number of rotatable bonds is 4. The summed E-state index contributed by atoms with van der Waals surface area (Å²) in [7, 11) is 0. The molecule has 16 heavy (non-hydrogen) atoms. The van der Waals surface area contributed by atoms with E-state index in [0.29, 0.717) is 5.02 Å². The van der Waals surface area contributed by atoms with Crippen molar-refractivity contribution in [3.8, 4) is 0 Å². The first kappa shape index (κ1) is 13.5. The molecule has 2 N–H and O–H groups in total. The highest BCUT2D eigenvalue weighted by molar-refractivity contribution is 9.10. The molecule has 0 fully saturated rings. The number of benzene rings is 1. The molecule has 88 valence electrons. The Morgan fingerprint density at radius 3 is 2.94 bits per heavy atom. The standard InChI is InChI=1S/C11H13BrClNO2/c1-7(6-15)14-10(16)5-8-3-2-4-9(13)11(8)12/h2-4,7,15H,5-6H2,1H3,(H,14,16)/t7-/m1/s1. The fraction of sp³-hybridized carbons (Fsp3) is 0.364. The van der Waals surface area contributed by atoms with E-state index < -0.39 is 0 Å². The van der Waals surface area contributed by atoms with Gasteiger partial charge in [-0.1, -0.05) is 23.7 Å². The summed E-state index contributed by atoms with van der Waals surface area (Å²) in [4.78, 5) is 11.6. The van der Waals surface area contributed by atoms with Gasteiger partial charge in [0.25, 0.3) is 0 Å². The zero-order valence-corrected chi connectivity index (χ0v) is 11.2. The van der Waals surface area contributed by atoms with Crippen molar-refractivity contribution in [1.82, 2.24) is 5.32 Å². The van der Waals surface area contributed by atoms with Gasteiger partial charge in [0.2, 0.25) is 5.91 Å². The number of aliphatic hydroxyl groups excluding tert-OH is 1. The van der Waals surface area contributed by atoms with E-state index in [1.165, 1.54) is 0 Å². The third-order valence-corrected chi connectivity index (χ3v) is 3.54. The first-order chi connectivity index (χ1) is 7.54. The first-order valence-electron chi connectivity index (χ1n) is 4.87. The minimum absolute atomic E-state index is 0.0670. The van der Waals surface area contributed by atoms with Crippen LogP contribution < -0.4 is 5.32 Å². The van der Waals surface area contributed by atoms with Crippen LogP contribution in [0.25, 0.3) is 0 Å². The number of hydrogen-bond acceptors (Lipinski definition) is 2. The lowest BCUT2D eigenvalue weighted by Gasteiger charge is -2.11. The molecule has 0 saturated carbocycles. The molecule has 5 heteroatoms. The van der Waals surface area contributed by atoms with Gasteiger partial charge in [-0.15, -0.1) is 0 Å². The van der Waals surface area contributed by atoms with Gasteiger partial charge < -0.3 is 10.4 Å². The summed E-state index contributed by atoms with van der Waals surface area (Å²) in [6, 6.07) is 5.15. The fourth-order valence-electron chi connectivity index (χ4n) is 1.23. The van der Waals surface area contributed by atoms with E-state index in [0.717, 1.165) is 10.0 Å². The Kier molecular flexibility index (Phi) is 5.25. The maximum atomic E-state index is 11.6. The number of hydrogen-bond donors (Lipinski definition) is 2. The van der Waals surface area contributed by atoms with Gasteiger partial charge in [-0.2, -0.15) is 0 Å². The molecule has 0 radical (unpaired) electrons. The van der Waals surface area contributed by atoms with Crippen LogP contribution in [0.2, 0.25) is 5.02 Å². The van der Waals surface area contributed by atoms with Crippen LogP contribution in [0, 0.1) is 0 Å². The van der Waals surface area contributed by atoms with Gasteiger partial charge in [0.15, 0.2) is 0 Å². The van der Waals surface area contributed by atoms with Gasteiger partial charge in [-0.05, 0) is 34.5 Å². The van der Waals surface area contributed by atoms with E-state index in [9.17, 15) is 4.79 Å². The van der Waals surface area contributed by atoms with Gasteiger partial charge in [-0.25, -0.2) is 0 Å². The summed E-state index contributed by atoms with van der Waals surface area (Å²) >= 11 is 9.24. The highest BCUT2D eigenvalue weighted by atomic mass is 79.9. The van der Waals surface area contributed by atoms with Gasteiger partial charge >= 0.3 is 0 Å². The van der Waals surface area contributed by atoms with Gasteiger partial charge in [0.05, 0.1) is 18.1 Å². The average Bonchev–Trinajstić information content (AvgIpc) is 2.24. The molecular formula is C11H13BrClNO2. The molecule has 1 aromatic rings. The van der Waals surface area contributed by atoms with Crippen LogP contribution in [0.3, 0.4) is 0 Å². The van der Waals surface area contributed by atoms with Crippen LogP contribution in [0.1, 0.15) is 12.5 Å². The fourth-order valence-corrected chi connectivity index (χ4v) is 1.83. The number of amides is 1. The largest absolute Gasteiger partial charge is 0.394 e. The summed E-state index contributed by atoms with van der Waals surface area (Å²) in [6.07, 6.45) is 0.242. The number of carbonyl (C=O) groups excluding carboxylic acids is 1. The minimum atomic E-state index is -0.231. The molecule has 0 aromatic heterocycles. The second kappa shape index (κ2) is 6.23. The molecule has 0 aliphatic heterocycles. The summed E-state index contributed by atoms with van der Waals surface area (Å²) in [6.45, 7) is 1.67. The summed E-state index contributed by atoms with van der Waals surface area (Å²) in [5.41, 5.74) is 0.829. The summed E-state index contributed by atoms with van der Waals surface area (Å²) in [5, 5.41) is 12.1. The Labute approximate surface area is 108 Å². The van der Waals surface area contributed by atoms with E-state index in [4.69, 9.17) is 16.7 Å². The Hall–Kier alpha value is -0.580. The molecule has 1 rings (SSSR count). The molecule has 0 bridgehead atoms. The highest BCUT2D eigenvalue weighted by Gasteiger charge is 2.10. The molecule has 1 aromatic carbocycles. The zero-order chi connectivity index (χ0) is 12.1. The van der Waals surface area contributed by atoms with E-state index >= 15 is 0 Å².